The summed E-state index contributed by atoms with van der Waals surface area (Å²) in [4.78, 5) is 21.8. The summed E-state index contributed by atoms with van der Waals surface area (Å²) >= 11 is 0.298. The van der Waals surface area contributed by atoms with Crippen LogP contribution in [0.5, 0.6) is 0 Å². The smallest absolute Gasteiger partial charge is 0.354 e. The number of aromatic nitrogens is 2. The zero-order valence-electron chi connectivity index (χ0n) is 22.7. The molecule has 38 heavy (non-hydrogen) atoms. The SMILES string of the molecule is CC(C)(C)N1c2ccccc2[Se]c2cc[c-]c(-c3ccccn3)c21.Cc1nc(C(=O)O)c(C)c(C)c1C.[Ir]. The predicted octanol–water partition coefficient (Wildman–Crippen LogP) is 5.46. The molecule has 0 saturated heterocycles. The molecule has 2 aromatic carbocycles. The molecule has 1 N–H and O–H groups in total. The fourth-order valence-electron chi connectivity index (χ4n) is 4.42. The Labute approximate surface area is 245 Å². The van der Waals surface area contributed by atoms with Crippen LogP contribution in [0.25, 0.3) is 11.3 Å². The summed E-state index contributed by atoms with van der Waals surface area (Å²) in [7, 11) is 0. The van der Waals surface area contributed by atoms with E-state index < -0.39 is 5.97 Å². The molecular weight excluding hydrogens is 718 g/mol. The van der Waals surface area contributed by atoms with Gasteiger partial charge < -0.3 is 5.11 Å². The molecule has 1 aliphatic heterocycles. The molecular formula is C31H32IrN3O2Se-. The zero-order valence-corrected chi connectivity index (χ0v) is 26.8. The first kappa shape index (κ1) is 29.7. The van der Waals surface area contributed by atoms with E-state index in [0.29, 0.717) is 15.0 Å². The molecule has 2 aromatic heterocycles. The Bertz CT molecular complexity index is 1470. The van der Waals surface area contributed by atoms with E-state index >= 15 is 0 Å². The minimum absolute atomic E-state index is 0. The van der Waals surface area contributed by atoms with Gasteiger partial charge in [-0.05, 0) is 44.4 Å². The first-order chi connectivity index (χ1) is 17.5. The van der Waals surface area contributed by atoms with Gasteiger partial charge in [0.25, 0.3) is 0 Å². The molecule has 0 aliphatic carbocycles. The summed E-state index contributed by atoms with van der Waals surface area (Å²) in [6, 6.07) is 22.5. The molecule has 4 aromatic rings. The Balaban J connectivity index is 0.000000245. The molecule has 0 atom stereocenters. The van der Waals surface area contributed by atoms with E-state index in [2.05, 4.69) is 78.1 Å². The van der Waals surface area contributed by atoms with Gasteiger partial charge in [0.05, 0.1) is 0 Å². The maximum absolute atomic E-state index is 10.8. The van der Waals surface area contributed by atoms with Crippen LogP contribution in [-0.2, 0) is 20.1 Å². The van der Waals surface area contributed by atoms with Gasteiger partial charge in [0, 0.05) is 25.8 Å². The van der Waals surface area contributed by atoms with Gasteiger partial charge in [-0.15, -0.1) is 0 Å². The van der Waals surface area contributed by atoms with Crippen LogP contribution in [-0.4, -0.2) is 41.5 Å². The number of carboxylic acids is 1. The van der Waals surface area contributed by atoms with Gasteiger partial charge >= 0.3 is 156 Å². The first-order valence-corrected chi connectivity index (χ1v) is 13.9. The van der Waals surface area contributed by atoms with E-state index in [-0.39, 0.29) is 31.3 Å². The van der Waals surface area contributed by atoms with Crippen molar-refractivity contribution < 1.29 is 30.0 Å². The van der Waals surface area contributed by atoms with E-state index in [4.69, 9.17) is 5.11 Å². The molecule has 199 valence electrons. The summed E-state index contributed by atoms with van der Waals surface area (Å²) in [5.41, 5.74) is 8.44. The van der Waals surface area contributed by atoms with Crippen LogP contribution in [0.15, 0.2) is 60.8 Å². The van der Waals surface area contributed by atoms with Gasteiger partial charge in [0.15, 0.2) is 5.69 Å². The Morgan fingerprint density at radius 1 is 0.921 bits per heavy atom. The summed E-state index contributed by atoms with van der Waals surface area (Å²) < 4.78 is 2.83. The van der Waals surface area contributed by atoms with Crippen LogP contribution in [0.3, 0.4) is 0 Å². The molecule has 0 bridgehead atoms. The molecule has 7 heteroatoms. The summed E-state index contributed by atoms with van der Waals surface area (Å²) in [5, 5.41) is 8.84. The zero-order chi connectivity index (χ0) is 26.9. The third-order valence-electron chi connectivity index (χ3n) is 6.58. The van der Waals surface area contributed by atoms with Crippen molar-refractivity contribution in [2.24, 2.45) is 0 Å². The number of fused-ring (bicyclic) bond motifs is 2. The van der Waals surface area contributed by atoms with Crippen LogP contribution >= 0.6 is 0 Å². The van der Waals surface area contributed by atoms with Crippen molar-refractivity contribution in [3.8, 4) is 11.3 Å². The third-order valence-corrected chi connectivity index (χ3v) is 8.92. The second-order valence-corrected chi connectivity index (χ2v) is 12.4. The fraction of sp³-hybridized carbons (Fsp3) is 0.258. The average molecular weight is 750 g/mol. The number of hydrogen-bond donors (Lipinski definition) is 1. The van der Waals surface area contributed by atoms with Crippen molar-refractivity contribution in [2.75, 3.05) is 4.90 Å². The number of nitrogens with zero attached hydrogens (tertiary/aromatic N) is 3. The van der Waals surface area contributed by atoms with Gasteiger partial charge in [-0.3, -0.25) is 0 Å². The Kier molecular flexibility index (Phi) is 9.33. The number of anilines is 2. The van der Waals surface area contributed by atoms with Gasteiger partial charge in [-0.2, -0.15) is 0 Å². The minimum Gasteiger partial charge on any atom is -0.477 e. The summed E-state index contributed by atoms with van der Waals surface area (Å²) in [5.74, 6) is -0.955. The van der Waals surface area contributed by atoms with Gasteiger partial charge in [-0.1, -0.05) is 0 Å². The van der Waals surface area contributed by atoms with Gasteiger partial charge in [0.2, 0.25) is 0 Å². The van der Waals surface area contributed by atoms with Crippen molar-refractivity contribution in [3.05, 3.63) is 94.9 Å². The fourth-order valence-corrected chi connectivity index (χ4v) is 6.67. The standard InChI is InChI=1S/C21H19N2Se.C10H13NO2.Ir/c1-21(2,3)23-17-11-4-5-12-18(17)24-19-13-8-9-15(20(19)23)16-10-6-7-14-22-16;1-5-6(2)8(4)11-9(7(5)3)10(12)13;/h4-8,10-14H,1-3H3;1-4H3,(H,12,13);/q-1;;. The Morgan fingerprint density at radius 3 is 2.24 bits per heavy atom. The first-order valence-electron chi connectivity index (χ1n) is 12.2. The Morgan fingerprint density at radius 2 is 1.61 bits per heavy atom. The normalized spacial score (nSPS) is 11.9. The maximum atomic E-state index is 10.8. The number of rotatable bonds is 2. The van der Waals surface area contributed by atoms with Crippen molar-refractivity contribution in [2.45, 2.75) is 54.0 Å². The minimum atomic E-state index is -0.955. The van der Waals surface area contributed by atoms with Crippen molar-refractivity contribution >= 4 is 41.2 Å². The van der Waals surface area contributed by atoms with Crippen LogP contribution in [0, 0.1) is 33.8 Å². The number of aryl methyl sites for hydroxylation is 1. The number of carboxylic acid groups (broad SMARTS) is 1. The molecule has 5 nitrogen and oxygen atoms in total. The van der Waals surface area contributed by atoms with E-state index in [0.717, 1.165) is 33.6 Å². The quantitative estimate of drug-likeness (QED) is 0.218. The molecule has 0 amide bonds. The van der Waals surface area contributed by atoms with Crippen LogP contribution < -0.4 is 13.8 Å². The average Bonchev–Trinajstić information content (AvgIpc) is 2.87. The molecule has 0 unspecified atom stereocenters. The second-order valence-electron chi connectivity index (χ2n) is 10.1. The molecule has 0 spiro atoms. The van der Waals surface area contributed by atoms with Gasteiger partial charge in [-0.25, -0.2) is 9.78 Å². The number of benzene rings is 2. The monoisotopic (exact) mass is 751 g/mol. The molecule has 1 radical (unpaired) electrons. The van der Waals surface area contributed by atoms with Crippen LogP contribution in [0.4, 0.5) is 11.4 Å². The van der Waals surface area contributed by atoms with E-state index in [1.165, 1.54) is 20.3 Å². The molecule has 0 fully saturated rings. The van der Waals surface area contributed by atoms with E-state index in [9.17, 15) is 4.79 Å². The summed E-state index contributed by atoms with van der Waals surface area (Å²) in [6.45, 7) is 14.3. The van der Waals surface area contributed by atoms with Crippen molar-refractivity contribution in [1.29, 1.82) is 0 Å². The second kappa shape index (κ2) is 11.9. The maximum Gasteiger partial charge on any atom is 0.354 e. The topological polar surface area (TPSA) is 66.3 Å². The number of para-hydroxylation sites is 1. The third kappa shape index (κ3) is 5.92. The number of hydrogen-bond acceptors (Lipinski definition) is 4. The molecule has 5 rings (SSSR count). The van der Waals surface area contributed by atoms with E-state index in [1.54, 1.807) is 6.92 Å². The number of pyridine rings is 2. The number of carbonyl (C=O) groups is 1. The van der Waals surface area contributed by atoms with Crippen LogP contribution in [0.2, 0.25) is 0 Å². The number of aromatic carboxylic acids is 1. The van der Waals surface area contributed by atoms with Crippen molar-refractivity contribution in [1.82, 2.24) is 9.97 Å². The predicted molar refractivity (Wildman–Crippen MR) is 152 cm³/mol. The summed E-state index contributed by atoms with van der Waals surface area (Å²) in [6.07, 6.45) is 1.85. The van der Waals surface area contributed by atoms with Gasteiger partial charge in [0.1, 0.15) is 0 Å². The van der Waals surface area contributed by atoms with Crippen molar-refractivity contribution in [3.63, 3.8) is 0 Å². The largest absolute Gasteiger partial charge is 0.477 e. The van der Waals surface area contributed by atoms with E-state index in [1.807, 2.05) is 45.2 Å². The Hall–Kier alpha value is -2.82. The van der Waals surface area contributed by atoms with Crippen LogP contribution in [0.1, 0.15) is 53.6 Å². The molecule has 3 heterocycles. The molecule has 0 saturated carbocycles. The molecule has 1 aliphatic rings.